The Bertz CT molecular complexity index is 865. The van der Waals surface area contributed by atoms with Crippen molar-refractivity contribution in [3.8, 4) is 11.1 Å². The Morgan fingerprint density at radius 1 is 1.00 bits per heavy atom. The van der Waals surface area contributed by atoms with Gasteiger partial charge >= 0.3 is 0 Å². The van der Waals surface area contributed by atoms with Crippen LogP contribution in [0.3, 0.4) is 0 Å². The first-order valence-electron chi connectivity index (χ1n) is 11.3. The molecule has 1 saturated heterocycles. The Balaban J connectivity index is 1.69. The molecule has 1 aromatic heterocycles. The van der Waals surface area contributed by atoms with Gasteiger partial charge in [0.1, 0.15) is 5.82 Å². The van der Waals surface area contributed by atoms with E-state index in [1.54, 1.807) is 0 Å². The second-order valence-corrected chi connectivity index (χ2v) is 15.0. The number of pyridine rings is 1. The van der Waals surface area contributed by atoms with Gasteiger partial charge in [0.25, 0.3) is 0 Å². The maximum absolute atomic E-state index is 6.84. The Morgan fingerprint density at radius 3 is 2.45 bits per heavy atom. The molecule has 0 radical (unpaired) electrons. The van der Waals surface area contributed by atoms with Crippen molar-refractivity contribution >= 4 is 14.1 Å². The molecule has 0 bridgehead atoms. The minimum Gasteiger partial charge on any atom is -0.410 e. The highest BCUT2D eigenvalue weighted by atomic mass is 28.4. The van der Waals surface area contributed by atoms with E-state index < -0.39 is 8.32 Å². The van der Waals surface area contributed by atoms with Gasteiger partial charge in [-0.3, -0.25) is 0 Å². The molecule has 2 aromatic rings. The van der Waals surface area contributed by atoms with Gasteiger partial charge in [-0.2, -0.15) is 0 Å². The van der Waals surface area contributed by atoms with Gasteiger partial charge in [0.2, 0.25) is 0 Å². The molecule has 4 heteroatoms. The fourth-order valence-corrected chi connectivity index (χ4v) is 5.80. The topological polar surface area (TPSA) is 25.4 Å². The number of piperidine rings is 1. The summed E-state index contributed by atoms with van der Waals surface area (Å²) in [6.45, 7) is 13.9. The van der Waals surface area contributed by atoms with Crippen molar-refractivity contribution in [2.75, 3.05) is 18.0 Å². The van der Waals surface area contributed by atoms with Crippen LogP contribution in [-0.4, -0.2) is 26.4 Å². The molecule has 29 heavy (non-hydrogen) atoms. The summed E-state index contributed by atoms with van der Waals surface area (Å²) >= 11 is 0. The lowest BCUT2D eigenvalue weighted by molar-refractivity contribution is 0.185. The lowest BCUT2D eigenvalue weighted by Crippen LogP contribution is -2.41. The lowest BCUT2D eigenvalue weighted by atomic mass is 9.96. The molecule has 0 amide bonds. The van der Waals surface area contributed by atoms with E-state index in [1.165, 1.54) is 41.5 Å². The average Bonchev–Trinajstić information content (AvgIpc) is 3.10. The maximum Gasteiger partial charge on any atom is 0.192 e. The molecule has 4 rings (SSSR count). The van der Waals surface area contributed by atoms with Gasteiger partial charge < -0.3 is 9.33 Å². The molecule has 2 aliphatic rings. The minimum atomic E-state index is -1.79. The van der Waals surface area contributed by atoms with E-state index in [4.69, 9.17) is 9.41 Å². The standard InChI is InChI=1S/C25H36N2OSi/c1-25(2,3)29(4,5)28-23-15-14-20-19(11-9-12-21(20)23)22-13-10-16-26-24(22)27-17-7-6-8-18-27/h9-13,16,23H,6-8,14-15,17-18H2,1-5H3. The molecule has 3 nitrogen and oxygen atoms in total. The van der Waals surface area contributed by atoms with E-state index in [0.29, 0.717) is 0 Å². The summed E-state index contributed by atoms with van der Waals surface area (Å²) in [5, 5.41) is 0.234. The summed E-state index contributed by atoms with van der Waals surface area (Å²) in [4.78, 5) is 7.30. The molecule has 156 valence electrons. The molecule has 1 atom stereocenters. The van der Waals surface area contributed by atoms with Crippen LogP contribution in [0.1, 0.15) is 63.7 Å². The van der Waals surface area contributed by atoms with Crippen LogP contribution in [-0.2, 0) is 10.8 Å². The minimum absolute atomic E-state index is 0.234. The molecular weight excluding hydrogens is 372 g/mol. The SMILES string of the molecule is CC(C)(C)[Si](C)(C)OC1CCc2c(-c3cccnc3N3CCCCC3)cccc21. The summed E-state index contributed by atoms with van der Waals surface area (Å²) in [5.74, 6) is 1.16. The van der Waals surface area contributed by atoms with Gasteiger partial charge in [-0.25, -0.2) is 4.98 Å². The molecule has 1 aliphatic carbocycles. The number of hydrogen-bond acceptors (Lipinski definition) is 3. The first-order valence-corrected chi connectivity index (χ1v) is 14.2. The van der Waals surface area contributed by atoms with Crippen LogP contribution in [0, 0.1) is 0 Å². The van der Waals surface area contributed by atoms with Gasteiger partial charge in [0.05, 0.1) is 6.10 Å². The molecule has 1 aliphatic heterocycles. The van der Waals surface area contributed by atoms with Crippen LogP contribution in [0.2, 0.25) is 18.1 Å². The Kier molecular flexibility index (Phi) is 5.60. The van der Waals surface area contributed by atoms with Gasteiger partial charge in [-0.15, -0.1) is 0 Å². The predicted molar refractivity (Wildman–Crippen MR) is 125 cm³/mol. The molecule has 0 saturated carbocycles. The van der Waals surface area contributed by atoms with E-state index in [1.807, 2.05) is 6.20 Å². The second kappa shape index (κ2) is 7.88. The van der Waals surface area contributed by atoms with Gasteiger partial charge in [-0.1, -0.05) is 39.0 Å². The third-order valence-corrected chi connectivity index (χ3v) is 11.7. The molecular formula is C25H36N2OSi. The number of hydrogen-bond donors (Lipinski definition) is 0. The van der Waals surface area contributed by atoms with Crippen LogP contribution in [0.15, 0.2) is 36.5 Å². The fraction of sp³-hybridized carbons (Fsp3) is 0.560. The molecule has 1 aromatic carbocycles. The largest absolute Gasteiger partial charge is 0.410 e. The second-order valence-electron chi connectivity index (χ2n) is 10.2. The number of anilines is 1. The number of fused-ring (bicyclic) bond motifs is 1. The average molecular weight is 409 g/mol. The van der Waals surface area contributed by atoms with Crippen LogP contribution in [0.4, 0.5) is 5.82 Å². The van der Waals surface area contributed by atoms with Gasteiger partial charge in [0, 0.05) is 24.8 Å². The van der Waals surface area contributed by atoms with Crippen LogP contribution < -0.4 is 4.90 Å². The summed E-state index contributed by atoms with van der Waals surface area (Å²) < 4.78 is 6.84. The number of nitrogens with zero attached hydrogens (tertiary/aromatic N) is 2. The van der Waals surface area contributed by atoms with E-state index in [0.717, 1.165) is 31.7 Å². The fourth-order valence-electron chi connectivity index (χ4n) is 4.49. The quantitative estimate of drug-likeness (QED) is 0.523. The highest BCUT2D eigenvalue weighted by Gasteiger charge is 2.41. The zero-order valence-corrected chi connectivity index (χ0v) is 19.8. The Hall–Kier alpha value is -1.65. The molecule has 0 spiro atoms. The van der Waals surface area contributed by atoms with Crippen LogP contribution in [0.5, 0.6) is 0 Å². The number of aromatic nitrogens is 1. The smallest absolute Gasteiger partial charge is 0.192 e. The van der Waals surface area contributed by atoms with Crippen molar-refractivity contribution < 1.29 is 4.43 Å². The summed E-state index contributed by atoms with van der Waals surface area (Å²) in [7, 11) is -1.79. The predicted octanol–water partition coefficient (Wildman–Crippen LogP) is 6.75. The Labute approximate surface area is 177 Å². The zero-order valence-electron chi connectivity index (χ0n) is 18.8. The van der Waals surface area contributed by atoms with Crippen molar-refractivity contribution in [3.63, 3.8) is 0 Å². The maximum atomic E-state index is 6.84. The number of rotatable bonds is 4. The Morgan fingerprint density at radius 2 is 1.72 bits per heavy atom. The van der Waals surface area contributed by atoms with Crippen molar-refractivity contribution in [2.24, 2.45) is 0 Å². The summed E-state index contributed by atoms with van der Waals surface area (Å²) in [6.07, 6.45) is 8.25. The monoisotopic (exact) mass is 408 g/mol. The van der Waals surface area contributed by atoms with Crippen molar-refractivity contribution in [2.45, 2.75) is 77.1 Å². The van der Waals surface area contributed by atoms with Gasteiger partial charge in [0.15, 0.2) is 8.32 Å². The van der Waals surface area contributed by atoms with Crippen LogP contribution in [0.25, 0.3) is 11.1 Å². The van der Waals surface area contributed by atoms with Crippen molar-refractivity contribution in [1.82, 2.24) is 4.98 Å². The number of benzene rings is 1. The summed E-state index contributed by atoms with van der Waals surface area (Å²) in [5.41, 5.74) is 5.53. The molecule has 2 heterocycles. The first-order chi connectivity index (χ1) is 13.8. The van der Waals surface area contributed by atoms with E-state index >= 15 is 0 Å². The highest BCUT2D eigenvalue weighted by Crippen LogP contribution is 2.46. The summed E-state index contributed by atoms with van der Waals surface area (Å²) in [6, 6.07) is 11.1. The van der Waals surface area contributed by atoms with Crippen molar-refractivity contribution in [3.05, 3.63) is 47.7 Å². The molecule has 1 fully saturated rings. The highest BCUT2D eigenvalue weighted by molar-refractivity contribution is 6.74. The first kappa shape index (κ1) is 20.6. The third-order valence-electron chi connectivity index (χ3n) is 7.19. The molecule has 1 unspecified atom stereocenters. The lowest BCUT2D eigenvalue weighted by Gasteiger charge is -2.38. The zero-order chi connectivity index (χ0) is 20.6. The van der Waals surface area contributed by atoms with Crippen molar-refractivity contribution in [1.29, 1.82) is 0 Å². The van der Waals surface area contributed by atoms with Gasteiger partial charge in [-0.05, 0) is 79.1 Å². The van der Waals surface area contributed by atoms with E-state index in [2.05, 4.69) is 69.1 Å². The van der Waals surface area contributed by atoms with Crippen LogP contribution >= 0.6 is 0 Å². The normalized spacial score (nSPS) is 20.0. The molecule has 0 N–H and O–H groups in total. The van der Waals surface area contributed by atoms with E-state index in [9.17, 15) is 0 Å². The third kappa shape index (κ3) is 4.02. The van der Waals surface area contributed by atoms with E-state index in [-0.39, 0.29) is 11.1 Å².